The van der Waals surface area contributed by atoms with Crippen LogP contribution in [0, 0.1) is 0 Å². The van der Waals surface area contributed by atoms with E-state index in [1.165, 1.54) is 18.2 Å². The van der Waals surface area contributed by atoms with Gasteiger partial charge in [-0.3, -0.25) is 0 Å². The lowest BCUT2D eigenvalue weighted by Crippen LogP contribution is -2.28. The predicted molar refractivity (Wildman–Crippen MR) is 57.7 cm³/mol. The first-order valence-corrected chi connectivity index (χ1v) is 4.70. The highest BCUT2D eigenvalue weighted by molar-refractivity contribution is 5.85. The summed E-state index contributed by atoms with van der Waals surface area (Å²) in [4.78, 5) is 0. The Balaban J connectivity index is 0.00000144. The van der Waals surface area contributed by atoms with Gasteiger partial charge in [-0.15, -0.1) is 12.4 Å². The minimum absolute atomic E-state index is 0. The Labute approximate surface area is 102 Å². The van der Waals surface area contributed by atoms with Gasteiger partial charge in [-0.25, -0.2) is 0 Å². The van der Waals surface area contributed by atoms with Gasteiger partial charge in [-0.05, 0) is 17.7 Å². The zero-order chi connectivity index (χ0) is 11.8. The molecule has 0 aromatic heterocycles. The summed E-state index contributed by atoms with van der Waals surface area (Å²) in [6.45, 7) is 0.732. The molecule has 0 amide bonds. The second-order valence-electron chi connectivity index (χ2n) is 3.42. The van der Waals surface area contributed by atoms with Gasteiger partial charge in [0, 0.05) is 0 Å². The van der Waals surface area contributed by atoms with Crippen molar-refractivity contribution in [3.8, 4) is 11.5 Å². The minimum atomic E-state index is -4.45. The summed E-state index contributed by atoms with van der Waals surface area (Å²) in [5, 5.41) is 0. The van der Waals surface area contributed by atoms with Crippen molar-refractivity contribution in [2.24, 2.45) is 5.73 Å². The molecule has 0 radical (unpaired) electrons. The van der Waals surface area contributed by atoms with Crippen LogP contribution in [0.25, 0.3) is 0 Å². The van der Waals surface area contributed by atoms with E-state index >= 15 is 0 Å². The average molecular weight is 270 g/mol. The number of fused-ring (bicyclic) bond motifs is 1. The number of nitrogens with two attached hydrogens (primary N) is 1. The Bertz CT molecular complexity index is 398. The maximum Gasteiger partial charge on any atom is 0.407 e. The van der Waals surface area contributed by atoms with Crippen molar-refractivity contribution in [2.75, 3.05) is 13.2 Å². The third kappa shape index (κ3) is 2.95. The van der Waals surface area contributed by atoms with Gasteiger partial charge >= 0.3 is 6.18 Å². The van der Waals surface area contributed by atoms with E-state index in [2.05, 4.69) is 0 Å². The fourth-order valence-electron chi connectivity index (χ4n) is 1.44. The van der Waals surface area contributed by atoms with Crippen LogP contribution in [0.5, 0.6) is 11.5 Å². The Morgan fingerprint density at radius 3 is 2.29 bits per heavy atom. The highest BCUT2D eigenvalue weighted by atomic mass is 35.5. The molecule has 1 aromatic carbocycles. The fourth-order valence-corrected chi connectivity index (χ4v) is 1.44. The number of halogens is 4. The standard InChI is InChI=1S/C10H10F3NO2.ClH/c11-10(12,13)9(14)6-1-2-7-8(5-6)16-4-3-15-7;/h1-2,5,9H,3-4,14H2;1H/t9-;/m1./s1. The van der Waals surface area contributed by atoms with E-state index in [0.29, 0.717) is 24.7 Å². The molecular formula is C10H11ClF3NO2. The Morgan fingerprint density at radius 2 is 1.71 bits per heavy atom. The third-order valence-electron chi connectivity index (χ3n) is 2.28. The molecule has 1 aliphatic rings. The zero-order valence-corrected chi connectivity index (χ0v) is 9.48. The zero-order valence-electron chi connectivity index (χ0n) is 8.66. The van der Waals surface area contributed by atoms with E-state index in [-0.39, 0.29) is 18.0 Å². The number of alkyl halides is 3. The van der Waals surface area contributed by atoms with E-state index in [0.717, 1.165) is 0 Å². The predicted octanol–water partition coefficient (Wildman–Crippen LogP) is 2.44. The number of hydrogen-bond acceptors (Lipinski definition) is 3. The SMILES string of the molecule is Cl.N[C@H](c1ccc2c(c1)OCCO2)C(F)(F)F. The van der Waals surface area contributed by atoms with E-state index in [9.17, 15) is 13.2 Å². The molecule has 0 saturated heterocycles. The quantitative estimate of drug-likeness (QED) is 0.852. The smallest absolute Gasteiger partial charge is 0.407 e. The van der Waals surface area contributed by atoms with E-state index in [1.54, 1.807) is 0 Å². The second-order valence-corrected chi connectivity index (χ2v) is 3.42. The average Bonchev–Trinajstić information content (AvgIpc) is 2.26. The van der Waals surface area contributed by atoms with Crippen LogP contribution in [0.1, 0.15) is 11.6 Å². The van der Waals surface area contributed by atoms with Crippen molar-refractivity contribution in [1.29, 1.82) is 0 Å². The van der Waals surface area contributed by atoms with Gasteiger partial charge in [0.15, 0.2) is 11.5 Å². The molecule has 7 heteroatoms. The monoisotopic (exact) mass is 269 g/mol. The maximum absolute atomic E-state index is 12.4. The number of hydrogen-bond donors (Lipinski definition) is 1. The fraction of sp³-hybridized carbons (Fsp3) is 0.400. The van der Waals surface area contributed by atoms with Crippen LogP contribution >= 0.6 is 12.4 Å². The largest absolute Gasteiger partial charge is 0.486 e. The Morgan fingerprint density at radius 1 is 1.12 bits per heavy atom. The van der Waals surface area contributed by atoms with Crippen LogP contribution < -0.4 is 15.2 Å². The molecule has 1 heterocycles. The number of rotatable bonds is 1. The summed E-state index contributed by atoms with van der Waals surface area (Å²) in [7, 11) is 0. The second kappa shape index (κ2) is 5.01. The number of ether oxygens (including phenoxy) is 2. The summed E-state index contributed by atoms with van der Waals surface area (Å²) in [6, 6.07) is 2.01. The molecule has 2 N–H and O–H groups in total. The molecule has 0 bridgehead atoms. The maximum atomic E-state index is 12.4. The van der Waals surface area contributed by atoms with Crippen LogP contribution in [-0.4, -0.2) is 19.4 Å². The van der Waals surface area contributed by atoms with Gasteiger partial charge in [0.2, 0.25) is 0 Å². The summed E-state index contributed by atoms with van der Waals surface area (Å²) in [5.74, 6) is 0.757. The summed E-state index contributed by atoms with van der Waals surface area (Å²) in [6.07, 6.45) is -4.45. The van der Waals surface area contributed by atoms with Gasteiger partial charge in [0.25, 0.3) is 0 Å². The van der Waals surface area contributed by atoms with Gasteiger partial charge in [0.05, 0.1) is 0 Å². The highest BCUT2D eigenvalue weighted by Gasteiger charge is 2.38. The lowest BCUT2D eigenvalue weighted by atomic mass is 10.1. The van der Waals surface area contributed by atoms with Crippen molar-refractivity contribution in [2.45, 2.75) is 12.2 Å². The molecule has 1 aliphatic heterocycles. The molecule has 0 aliphatic carbocycles. The van der Waals surface area contributed by atoms with Crippen molar-refractivity contribution in [1.82, 2.24) is 0 Å². The van der Waals surface area contributed by atoms with Crippen molar-refractivity contribution in [3.63, 3.8) is 0 Å². The van der Waals surface area contributed by atoms with Crippen LogP contribution in [-0.2, 0) is 0 Å². The molecule has 1 aromatic rings. The summed E-state index contributed by atoms with van der Waals surface area (Å²) >= 11 is 0. The lowest BCUT2D eigenvalue weighted by Gasteiger charge is -2.21. The molecule has 96 valence electrons. The van der Waals surface area contributed by atoms with Gasteiger partial charge in [-0.1, -0.05) is 6.07 Å². The van der Waals surface area contributed by atoms with Crippen molar-refractivity contribution < 1.29 is 22.6 Å². The molecule has 3 nitrogen and oxygen atoms in total. The molecule has 0 saturated carbocycles. The highest BCUT2D eigenvalue weighted by Crippen LogP contribution is 2.36. The summed E-state index contributed by atoms with van der Waals surface area (Å²) in [5.41, 5.74) is 5.05. The first kappa shape index (κ1) is 13.9. The number of benzene rings is 1. The molecule has 0 spiro atoms. The van der Waals surface area contributed by atoms with Gasteiger partial charge in [0.1, 0.15) is 19.3 Å². The van der Waals surface area contributed by atoms with E-state index < -0.39 is 12.2 Å². The molecule has 1 atom stereocenters. The Kier molecular flexibility index (Phi) is 4.11. The topological polar surface area (TPSA) is 44.5 Å². The Hall–Kier alpha value is -1.14. The minimum Gasteiger partial charge on any atom is -0.486 e. The van der Waals surface area contributed by atoms with Crippen LogP contribution in [0.2, 0.25) is 0 Å². The molecule has 17 heavy (non-hydrogen) atoms. The van der Waals surface area contributed by atoms with E-state index in [4.69, 9.17) is 15.2 Å². The van der Waals surface area contributed by atoms with Gasteiger partial charge < -0.3 is 15.2 Å². The normalized spacial score (nSPS) is 16.0. The lowest BCUT2D eigenvalue weighted by molar-refractivity contribution is -0.149. The molecule has 2 rings (SSSR count). The van der Waals surface area contributed by atoms with Crippen molar-refractivity contribution in [3.05, 3.63) is 23.8 Å². The van der Waals surface area contributed by atoms with Crippen LogP contribution in [0.4, 0.5) is 13.2 Å². The van der Waals surface area contributed by atoms with Crippen LogP contribution in [0.15, 0.2) is 18.2 Å². The molecule has 0 fully saturated rings. The molecule has 0 unspecified atom stereocenters. The van der Waals surface area contributed by atoms with Crippen molar-refractivity contribution >= 4 is 12.4 Å². The molecular weight excluding hydrogens is 259 g/mol. The third-order valence-corrected chi connectivity index (χ3v) is 2.28. The van der Waals surface area contributed by atoms with E-state index in [1.807, 2.05) is 0 Å². The van der Waals surface area contributed by atoms with Gasteiger partial charge in [-0.2, -0.15) is 13.2 Å². The summed E-state index contributed by atoms with van der Waals surface area (Å²) < 4.78 is 47.5. The first-order chi connectivity index (χ1) is 7.48. The first-order valence-electron chi connectivity index (χ1n) is 4.70. The van der Waals surface area contributed by atoms with Crippen LogP contribution in [0.3, 0.4) is 0 Å².